The first-order chi connectivity index (χ1) is 14.5. The van der Waals surface area contributed by atoms with Gasteiger partial charge in [-0.15, -0.1) is 0 Å². The Kier molecular flexibility index (Phi) is 8.30. The van der Waals surface area contributed by atoms with E-state index < -0.39 is 57.7 Å². The summed E-state index contributed by atoms with van der Waals surface area (Å²) in [5.41, 5.74) is -0.332. The van der Waals surface area contributed by atoms with Gasteiger partial charge in [-0.25, -0.2) is 19.1 Å². The number of benzene rings is 1. The summed E-state index contributed by atoms with van der Waals surface area (Å²) in [5.74, 6) is -0.984. The van der Waals surface area contributed by atoms with Gasteiger partial charge in [-0.1, -0.05) is 41.9 Å². The molecule has 1 fully saturated rings. The highest BCUT2D eigenvalue weighted by Gasteiger charge is 2.53. The van der Waals surface area contributed by atoms with E-state index in [-0.39, 0.29) is 6.61 Å². The van der Waals surface area contributed by atoms with Gasteiger partial charge in [0.2, 0.25) is 0 Å². The van der Waals surface area contributed by atoms with Crippen molar-refractivity contribution in [2.75, 3.05) is 6.61 Å². The van der Waals surface area contributed by atoms with Crippen LogP contribution < -0.4 is 10.0 Å². The van der Waals surface area contributed by atoms with Gasteiger partial charge in [-0.2, -0.15) is 8.42 Å². The molecule has 0 spiro atoms. The molecule has 3 atom stereocenters. The van der Waals surface area contributed by atoms with Crippen molar-refractivity contribution in [3.05, 3.63) is 35.9 Å². The average Bonchev–Trinajstić information content (AvgIpc) is 2.66. The van der Waals surface area contributed by atoms with Crippen molar-refractivity contribution in [3.63, 3.8) is 0 Å². The van der Waals surface area contributed by atoms with Crippen molar-refractivity contribution in [1.82, 2.24) is 14.9 Å². The van der Waals surface area contributed by atoms with E-state index in [0.29, 0.717) is 10.5 Å². The van der Waals surface area contributed by atoms with Crippen LogP contribution in [0.15, 0.2) is 30.3 Å². The fourth-order valence-corrected chi connectivity index (χ4v) is 3.07. The molecule has 0 saturated carbocycles. The summed E-state index contributed by atoms with van der Waals surface area (Å²) in [7, 11) is 0.445. The number of β-lactam (4-membered cyclic amide) rings is 1. The lowest BCUT2D eigenvalue weighted by molar-refractivity contribution is -0.147. The number of carbonyl (C=O) groups is 4. The first-order valence-corrected chi connectivity index (χ1v) is 11.3. The minimum absolute atomic E-state index is 0.0939. The summed E-state index contributed by atoms with van der Waals surface area (Å²) < 4.78 is 37.8. The van der Waals surface area contributed by atoms with Crippen LogP contribution >= 0.6 is 22.3 Å². The van der Waals surface area contributed by atoms with Gasteiger partial charge >= 0.3 is 27.5 Å². The highest BCUT2D eigenvalue weighted by atomic mass is 35.7. The molecule has 3 unspecified atom stereocenters. The Bertz CT molecular complexity index is 943. The third-order valence-corrected chi connectivity index (χ3v) is 4.50. The quantitative estimate of drug-likeness (QED) is 0.246. The molecular weight excluding hydrogens is 481 g/mol. The molecule has 2 rings (SSSR count). The van der Waals surface area contributed by atoms with Crippen LogP contribution in [-0.4, -0.2) is 61.8 Å². The lowest BCUT2D eigenvalue weighted by Crippen LogP contribution is -2.74. The zero-order chi connectivity index (χ0) is 23.2. The molecule has 1 aromatic rings. The van der Waals surface area contributed by atoms with E-state index in [0.717, 1.165) is 0 Å². The number of urea groups is 1. The number of hydrogen-bond acceptors (Lipinski definition) is 9. The Morgan fingerprint density at radius 3 is 2.42 bits per heavy atom. The fraction of sp³-hybridized carbons (Fsp3) is 0.375. The van der Waals surface area contributed by atoms with Crippen LogP contribution in [-0.2, 0) is 34.8 Å². The van der Waals surface area contributed by atoms with Gasteiger partial charge in [0.1, 0.15) is 25.3 Å². The molecule has 1 aliphatic heterocycles. The zero-order valence-corrected chi connectivity index (χ0v) is 18.1. The van der Waals surface area contributed by atoms with E-state index in [9.17, 15) is 27.6 Å². The molecule has 1 saturated heterocycles. The number of alkyl halides is 1. The van der Waals surface area contributed by atoms with Crippen LogP contribution in [0.4, 0.5) is 14.4 Å². The molecule has 4 amide bonds. The Balaban J connectivity index is 2.02. The normalized spacial score (nSPS) is 18.9. The lowest BCUT2D eigenvalue weighted by atomic mass is 9.96. The van der Waals surface area contributed by atoms with Crippen LogP contribution in [0, 0.1) is 0 Å². The van der Waals surface area contributed by atoms with E-state index in [1.165, 1.54) is 11.6 Å². The Hall–Kier alpha value is -2.77. The standard InChI is InChI=1S/C16H17Cl2N3O9S/c1-9(17)30-16(25)29-8-11-12(13(22)21(11)14(23)20-31(18,26)27)19-15(24)28-7-10-5-3-2-4-6-10/h2-6,9,11-12H,7-8H2,1H3,(H,19,24)(H,20,23). The number of hydrogen-bond donors (Lipinski definition) is 2. The molecule has 0 aromatic heterocycles. The number of nitrogens with one attached hydrogen (secondary N) is 2. The predicted molar refractivity (Wildman–Crippen MR) is 105 cm³/mol. The Morgan fingerprint density at radius 2 is 1.84 bits per heavy atom. The van der Waals surface area contributed by atoms with Crippen LogP contribution in [0.2, 0.25) is 0 Å². The van der Waals surface area contributed by atoms with Crippen molar-refractivity contribution in [3.8, 4) is 0 Å². The topological polar surface area (TPSA) is 157 Å². The van der Waals surface area contributed by atoms with Crippen molar-refractivity contribution in [2.24, 2.45) is 0 Å². The number of likely N-dealkylation sites (tertiary alicyclic amines) is 1. The van der Waals surface area contributed by atoms with Gasteiger partial charge < -0.3 is 19.5 Å². The van der Waals surface area contributed by atoms with E-state index in [2.05, 4.69) is 10.1 Å². The number of halogens is 2. The summed E-state index contributed by atoms with van der Waals surface area (Å²) in [6, 6.07) is 4.65. The maximum absolute atomic E-state index is 12.3. The van der Waals surface area contributed by atoms with Gasteiger partial charge in [0.25, 0.3) is 5.91 Å². The van der Waals surface area contributed by atoms with Crippen LogP contribution in [0.25, 0.3) is 0 Å². The summed E-state index contributed by atoms with van der Waals surface area (Å²) in [6.07, 6.45) is -2.20. The SMILES string of the molecule is CC(Cl)OC(=O)OCC1C(NC(=O)OCc2ccccc2)C(=O)N1C(=O)NS(=O)(=O)Cl. The molecule has 1 aliphatic rings. The number of alkyl carbamates (subject to hydrolysis) is 1. The minimum Gasteiger partial charge on any atom is -0.445 e. The summed E-state index contributed by atoms with van der Waals surface area (Å²) in [5, 5.41) is 2.23. The van der Waals surface area contributed by atoms with Gasteiger partial charge in [0, 0.05) is 10.7 Å². The Morgan fingerprint density at radius 1 is 1.19 bits per heavy atom. The second kappa shape index (κ2) is 10.5. The second-order valence-corrected chi connectivity index (χ2v) is 8.94. The molecule has 1 aromatic carbocycles. The molecule has 0 bridgehead atoms. The van der Waals surface area contributed by atoms with Gasteiger partial charge in [-0.3, -0.25) is 9.69 Å². The molecular formula is C16H17Cl2N3O9S. The summed E-state index contributed by atoms with van der Waals surface area (Å²) in [6.45, 7) is 0.616. The largest absolute Gasteiger partial charge is 0.509 e. The first kappa shape index (κ1) is 24.5. The summed E-state index contributed by atoms with van der Waals surface area (Å²) in [4.78, 5) is 48.3. The molecule has 15 heteroatoms. The highest BCUT2D eigenvalue weighted by molar-refractivity contribution is 8.12. The maximum Gasteiger partial charge on any atom is 0.509 e. The van der Waals surface area contributed by atoms with Gasteiger partial charge in [0.15, 0.2) is 5.56 Å². The van der Waals surface area contributed by atoms with Crippen molar-refractivity contribution >= 4 is 55.7 Å². The minimum atomic E-state index is -4.50. The van der Waals surface area contributed by atoms with E-state index >= 15 is 0 Å². The molecule has 170 valence electrons. The number of ether oxygens (including phenoxy) is 3. The molecule has 2 N–H and O–H groups in total. The molecule has 1 heterocycles. The third kappa shape index (κ3) is 7.45. The number of amides is 4. The number of carbonyl (C=O) groups excluding carboxylic acids is 4. The molecule has 12 nitrogen and oxygen atoms in total. The van der Waals surface area contributed by atoms with Crippen LogP contribution in [0.5, 0.6) is 0 Å². The van der Waals surface area contributed by atoms with E-state index in [1.807, 2.05) is 0 Å². The monoisotopic (exact) mass is 497 g/mol. The maximum atomic E-state index is 12.3. The number of imide groups is 1. The van der Waals surface area contributed by atoms with E-state index in [4.69, 9.17) is 31.8 Å². The number of rotatable bonds is 7. The summed E-state index contributed by atoms with van der Waals surface area (Å²) >= 11 is 5.49. The predicted octanol–water partition coefficient (Wildman–Crippen LogP) is 1.42. The van der Waals surface area contributed by atoms with Crippen molar-refractivity contribution in [2.45, 2.75) is 31.2 Å². The molecule has 31 heavy (non-hydrogen) atoms. The highest BCUT2D eigenvalue weighted by Crippen LogP contribution is 2.22. The zero-order valence-electron chi connectivity index (χ0n) is 15.8. The van der Waals surface area contributed by atoms with E-state index in [1.54, 1.807) is 30.3 Å². The van der Waals surface area contributed by atoms with Crippen LogP contribution in [0.3, 0.4) is 0 Å². The second-order valence-electron chi connectivity index (χ2n) is 6.03. The Labute approximate surface area is 186 Å². The van der Waals surface area contributed by atoms with Crippen LogP contribution in [0.1, 0.15) is 12.5 Å². The smallest absolute Gasteiger partial charge is 0.445 e. The third-order valence-electron chi connectivity index (χ3n) is 3.76. The molecule has 0 radical (unpaired) electrons. The van der Waals surface area contributed by atoms with Crippen molar-refractivity contribution in [1.29, 1.82) is 0 Å². The lowest BCUT2D eigenvalue weighted by Gasteiger charge is -2.44. The number of nitrogens with zero attached hydrogens (tertiary/aromatic N) is 1. The van der Waals surface area contributed by atoms with Crippen molar-refractivity contribution < 1.29 is 41.8 Å². The van der Waals surface area contributed by atoms with Gasteiger partial charge in [0.05, 0.1) is 0 Å². The molecule has 0 aliphatic carbocycles. The first-order valence-electron chi connectivity index (χ1n) is 8.52. The fourth-order valence-electron chi connectivity index (χ4n) is 2.49. The average molecular weight is 498 g/mol. The van der Waals surface area contributed by atoms with Gasteiger partial charge in [-0.05, 0) is 12.5 Å².